The molecule has 8 heteroatoms. The third-order valence-electron chi connectivity index (χ3n) is 3.08. The van der Waals surface area contributed by atoms with E-state index >= 15 is 0 Å². The number of sulfonamides is 1. The second kappa shape index (κ2) is 5.49. The zero-order chi connectivity index (χ0) is 14.0. The highest BCUT2D eigenvalue weighted by Crippen LogP contribution is 2.22. The van der Waals surface area contributed by atoms with Crippen LogP contribution in [0.2, 0.25) is 0 Å². The van der Waals surface area contributed by atoms with E-state index in [-0.39, 0.29) is 21.6 Å². The summed E-state index contributed by atoms with van der Waals surface area (Å²) >= 11 is 4.85. The molecular formula is C11H15N3O3S2. The van der Waals surface area contributed by atoms with Crippen molar-refractivity contribution in [3.8, 4) is 0 Å². The average Bonchev–Trinajstić information content (AvgIpc) is 2.91. The van der Waals surface area contributed by atoms with Gasteiger partial charge >= 0.3 is 0 Å². The van der Waals surface area contributed by atoms with Crippen LogP contribution in [-0.2, 0) is 14.8 Å². The lowest BCUT2D eigenvalue weighted by atomic mass is 10.3. The summed E-state index contributed by atoms with van der Waals surface area (Å²) in [6.45, 7) is 0.970. The van der Waals surface area contributed by atoms with Crippen LogP contribution in [0.15, 0.2) is 23.2 Å². The van der Waals surface area contributed by atoms with Gasteiger partial charge in [0.25, 0.3) is 0 Å². The molecule has 0 spiro atoms. The van der Waals surface area contributed by atoms with Gasteiger partial charge in [0, 0.05) is 19.9 Å². The fraction of sp³-hybridized carbons (Fsp3) is 0.455. The Bertz CT molecular complexity index is 583. The van der Waals surface area contributed by atoms with Gasteiger partial charge in [-0.2, -0.15) is 4.31 Å². The molecule has 1 aromatic heterocycles. The Labute approximate surface area is 117 Å². The van der Waals surface area contributed by atoms with Crippen molar-refractivity contribution >= 4 is 27.2 Å². The Morgan fingerprint density at radius 1 is 1.63 bits per heavy atom. The second-order valence-electron chi connectivity index (χ2n) is 4.25. The third-order valence-corrected chi connectivity index (χ3v) is 5.22. The van der Waals surface area contributed by atoms with E-state index in [0.717, 1.165) is 0 Å². The van der Waals surface area contributed by atoms with Crippen LogP contribution in [0.5, 0.6) is 0 Å². The van der Waals surface area contributed by atoms with Crippen LogP contribution in [0.3, 0.4) is 0 Å². The summed E-state index contributed by atoms with van der Waals surface area (Å²) in [6.07, 6.45) is 2.14. The van der Waals surface area contributed by atoms with Gasteiger partial charge in [-0.25, -0.2) is 8.42 Å². The summed E-state index contributed by atoms with van der Waals surface area (Å²) < 4.78 is 31.6. The zero-order valence-electron chi connectivity index (χ0n) is 10.4. The van der Waals surface area contributed by atoms with Gasteiger partial charge < -0.3 is 10.5 Å². The van der Waals surface area contributed by atoms with Crippen molar-refractivity contribution < 1.29 is 13.2 Å². The number of rotatable bonds is 4. The lowest BCUT2D eigenvalue weighted by molar-refractivity contribution is 0.181. The first kappa shape index (κ1) is 14.3. The van der Waals surface area contributed by atoms with E-state index in [1.807, 2.05) is 0 Å². The van der Waals surface area contributed by atoms with Gasteiger partial charge in [-0.1, -0.05) is 12.2 Å². The maximum Gasteiger partial charge on any atom is 0.245 e. The largest absolute Gasteiger partial charge is 0.388 e. The minimum atomic E-state index is -3.67. The molecule has 1 fully saturated rings. The predicted molar refractivity (Wildman–Crippen MR) is 74.3 cm³/mol. The molecule has 2 N–H and O–H groups in total. The highest BCUT2D eigenvalue weighted by molar-refractivity contribution is 7.89. The maximum atomic E-state index is 12.6. The van der Waals surface area contributed by atoms with Gasteiger partial charge in [0.1, 0.15) is 15.6 Å². The molecule has 0 aliphatic carbocycles. The van der Waals surface area contributed by atoms with E-state index in [0.29, 0.717) is 19.6 Å². The molecule has 1 aliphatic heterocycles. The van der Waals surface area contributed by atoms with Crippen LogP contribution in [0.1, 0.15) is 12.1 Å². The number of hydrogen-bond acceptors (Lipinski definition) is 5. The lowest BCUT2D eigenvalue weighted by Gasteiger charge is -2.23. The standard InChI is InChI=1S/C11H15N3O3S2/c1-14(8-4-6-17-7-8)19(15,16)9-3-2-5-13-10(9)11(12)18/h2-3,5,8H,4,6-7H2,1H3,(H2,12,18). The van der Waals surface area contributed by atoms with Crippen molar-refractivity contribution in [2.24, 2.45) is 5.73 Å². The summed E-state index contributed by atoms with van der Waals surface area (Å²) in [5.41, 5.74) is 5.65. The summed E-state index contributed by atoms with van der Waals surface area (Å²) in [6, 6.07) is 2.85. The molecule has 19 heavy (non-hydrogen) atoms. The summed E-state index contributed by atoms with van der Waals surface area (Å²) in [7, 11) is -2.14. The number of likely N-dealkylation sites (N-methyl/N-ethyl adjacent to an activating group) is 1. The summed E-state index contributed by atoms with van der Waals surface area (Å²) in [5.74, 6) is 0. The van der Waals surface area contributed by atoms with Gasteiger partial charge in [0.15, 0.2) is 0 Å². The quantitative estimate of drug-likeness (QED) is 0.795. The van der Waals surface area contributed by atoms with Crippen molar-refractivity contribution in [2.45, 2.75) is 17.4 Å². The summed E-state index contributed by atoms with van der Waals surface area (Å²) in [5, 5.41) is 0. The first-order valence-electron chi connectivity index (χ1n) is 5.75. The van der Waals surface area contributed by atoms with Crippen LogP contribution in [0.4, 0.5) is 0 Å². The first-order valence-corrected chi connectivity index (χ1v) is 7.60. The molecule has 0 saturated carbocycles. The molecule has 2 heterocycles. The van der Waals surface area contributed by atoms with Crippen LogP contribution in [-0.4, -0.2) is 49.0 Å². The number of ether oxygens (including phenoxy) is 1. The predicted octanol–water partition coefficient (Wildman–Crippen LogP) is 0.125. The molecule has 1 aliphatic rings. The van der Waals surface area contributed by atoms with Crippen LogP contribution < -0.4 is 5.73 Å². The Balaban J connectivity index is 2.41. The molecule has 0 radical (unpaired) electrons. The number of nitrogens with zero attached hydrogens (tertiary/aromatic N) is 2. The third kappa shape index (κ3) is 2.76. The first-order chi connectivity index (χ1) is 8.94. The van der Waals surface area contributed by atoms with Crippen molar-refractivity contribution in [3.63, 3.8) is 0 Å². The SMILES string of the molecule is CN(C1CCOC1)S(=O)(=O)c1cccnc1C(N)=S. The number of pyridine rings is 1. The van der Waals surface area contributed by atoms with Gasteiger partial charge in [-0.15, -0.1) is 0 Å². The van der Waals surface area contributed by atoms with Crippen molar-refractivity contribution in [1.29, 1.82) is 0 Å². The monoisotopic (exact) mass is 301 g/mol. The van der Waals surface area contributed by atoms with Crippen molar-refractivity contribution in [3.05, 3.63) is 24.0 Å². The van der Waals surface area contributed by atoms with Gasteiger partial charge in [0.05, 0.1) is 12.6 Å². The smallest absolute Gasteiger partial charge is 0.245 e. The summed E-state index contributed by atoms with van der Waals surface area (Å²) in [4.78, 5) is 3.96. The maximum absolute atomic E-state index is 12.6. The van der Waals surface area contributed by atoms with Gasteiger partial charge in [-0.05, 0) is 18.6 Å². The van der Waals surface area contributed by atoms with E-state index in [9.17, 15) is 8.42 Å². The van der Waals surface area contributed by atoms with E-state index in [1.165, 1.54) is 23.6 Å². The molecule has 1 saturated heterocycles. The van der Waals surface area contributed by atoms with Gasteiger partial charge in [-0.3, -0.25) is 4.98 Å². The topological polar surface area (TPSA) is 85.5 Å². The van der Waals surface area contributed by atoms with Crippen molar-refractivity contribution in [1.82, 2.24) is 9.29 Å². The normalized spacial score (nSPS) is 19.8. The average molecular weight is 301 g/mol. The van der Waals surface area contributed by atoms with E-state index in [2.05, 4.69) is 4.98 Å². The molecular weight excluding hydrogens is 286 g/mol. The van der Waals surface area contributed by atoms with E-state index in [1.54, 1.807) is 6.07 Å². The zero-order valence-corrected chi connectivity index (χ0v) is 12.1. The molecule has 6 nitrogen and oxygen atoms in total. The number of aromatic nitrogens is 1. The number of hydrogen-bond donors (Lipinski definition) is 1. The number of nitrogens with two attached hydrogens (primary N) is 1. The Kier molecular flexibility index (Phi) is 4.14. The van der Waals surface area contributed by atoms with E-state index < -0.39 is 10.0 Å². The Morgan fingerprint density at radius 2 is 2.37 bits per heavy atom. The van der Waals surface area contributed by atoms with Crippen LogP contribution in [0.25, 0.3) is 0 Å². The Hall–Kier alpha value is -1.09. The fourth-order valence-corrected chi connectivity index (χ4v) is 3.70. The molecule has 0 aromatic carbocycles. The molecule has 1 aromatic rings. The molecule has 1 unspecified atom stereocenters. The van der Waals surface area contributed by atoms with Gasteiger partial charge in [0.2, 0.25) is 10.0 Å². The second-order valence-corrected chi connectivity index (χ2v) is 6.66. The molecule has 0 amide bonds. The highest BCUT2D eigenvalue weighted by atomic mass is 32.2. The minimum absolute atomic E-state index is 0.0322. The molecule has 104 valence electrons. The lowest BCUT2D eigenvalue weighted by Crippen LogP contribution is -2.38. The van der Waals surface area contributed by atoms with Crippen LogP contribution in [0, 0.1) is 0 Å². The molecule has 0 bridgehead atoms. The minimum Gasteiger partial charge on any atom is -0.388 e. The van der Waals surface area contributed by atoms with Crippen molar-refractivity contribution in [2.75, 3.05) is 20.3 Å². The fourth-order valence-electron chi connectivity index (χ4n) is 1.94. The Morgan fingerprint density at radius 3 is 2.95 bits per heavy atom. The molecule has 2 rings (SSSR count). The van der Waals surface area contributed by atoms with E-state index in [4.69, 9.17) is 22.7 Å². The molecule has 1 atom stereocenters. The van der Waals surface area contributed by atoms with Crippen LogP contribution >= 0.6 is 12.2 Å². The highest BCUT2D eigenvalue weighted by Gasteiger charge is 2.32. The number of thiocarbonyl (C=S) groups is 1.